The van der Waals surface area contributed by atoms with Crippen molar-refractivity contribution in [1.29, 1.82) is 0 Å². The van der Waals surface area contributed by atoms with Crippen LogP contribution in [0.25, 0.3) is 27.1 Å². The van der Waals surface area contributed by atoms with Crippen LogP contribution in [0, 0.1) is 5.82 Å². The molecule has 0 bridgehead atoms. The first-order valence-electron chi connectivity index (χ1n) is 7.57. The van der Waals surface area contributed by atoms with Gasteiger partial charge in [0.15, 0.2) is 5.01 Å². The number of nitrogens with one attached hydrogen (secondary N) is 1. The summed E-state index contributed by atoms with van der Waals surface area (Å²) in [5, 5.41) is 20.7. The topological polar surface area (TPSA) is 71.8 Å². The molecule has 0 saturated carbocycles. The molecule has 0 amide bonds. The van der Waals surface area contributed by atoms with Crippen LogP contribution in [0.15, 0.2) is 28.7 Å². The smallest absolute Gasteiger partial charge is 0.235 e. The molecule has 6 nitrogen and oxygen atoms in total. The van der Waals surface area contributed by atoms with Gasteiger partial charge in [0.2, 0.25) is 10.8 Å². The molecular weight excluding hydrogens is 407 g/mol. The van der Waals surface area contributed by atoms with Crippen molar-refractivity contribution in [3.05, 3.63) is 40.2 Å². The quantitative estimate of drug-likeness (QED) is 0.520. The van der Waals surface area contributed by atoms with E-state index in [9.17, 15) is 4.39 Å². The van der Waals surface area contributed by atoms with Crippen molar-refractivity contribution in [2.24, 2.45) is 0 Å². The molecule has 0 radical (unpaired) electrons. The molecule has 0 saturated heterocycles. The summed E-state index contributed by atoms with van der Waals surface area (Å²) in [4.78, 5) is 0.590. The highest BCUT2D eigenvalue weighted by molar-refractivity contribution is 9.10. The first-order valence-corrected chi connectivity index (χ1v) is 9.18. The van der Waals surface area contributed by atoms with Gasteiger partial charge in [-0.15, -0.1) is 10.2 Å². The van der Waals surface area contributed by atoms with Crippen molar-refractivity contribution in [3.8, 4) is 22.1 Å². The minimum absolute atomic E-state index is 0.0527. The largest absolute Gasteiger partial charge is 0.281 e. The van der Waals surface area contributed by atoms with E-state index in [-0.39, 0.29) is 11.2 Å². The van der Waals surface area contributed by atoms with Crippen molar-refractivity contribution in [2.45, 2.75) is 26.2 Å². The van der Waals surface area contributed by atoms with Crippen molar-refractivity contribution in [1.82, 2.24) is 30.0 Å². The minimum atomic E-state index is -0.337. The predicted octanol–water partition coefficient (Wildman–Crippen LogP) is 4.44. The van der Waals surface area contributed by atoms with Crippen LogP contribution in [0.5, 0.6) is 0 Å². The summed E-state index contributed by atoms with van der Waals surface area (Å²) >= 11 is 4.54. The van der Waals surface area contributed by atoms with Crippen LogP contribution in [0.2, 0.25) is 0 Å². The van der Waals surface area contributed by atoms with Gasteiger partial charge in [0, 0.05) is 21.1 Å². The molecule has 128 valence electrons. The van der Waals surface area contributed by atoms with Crippen LogP contribution >= 0.6 is 27.3 Å². The van der Waals surface area contributed by atoms with Crippen molar-refractivity contribution >= 4 is 32.2 Å². The van der Waals surface area contributed by atoms with Gasteiger partial charge in [-0.1, -0.05) is 48.0 Å². The lowest BCUT2D eigenvalue weighted by atomic mass is 9.92. The zero-order valence-electron chi connectivity index (χ0n) is 13.7. The number of rotatable bonds is 2. The third kappa shape index (κ3) is 2.87. The SMILES string of the molecule is CC(C)(C)c1cc(-c2nnc3sc(-c4ccc(Br)cc4F)nn23)n[nH]1. The van der Waals surface area contributed by atoms with Gasteiger partial charge < -0.3 is 0 Å². The highest BCUT2D eigenvalue weighted by Gasteiger charge is 2.21. The van der Waals surface area contributed by atoms with Gasteiger partial charge in [-0.2, -0.15) is 14.7 Å². The lowest BCUT2D eigenvalue weighted by molar-refractivity contribution is 0.567. The Hall–Kier alpha value is -2.13. The summed E-state index contributed by atoms with van der Waals surface area (Å²) < 4.78 is 16.5. The summed E-state index contributed by atoms with van der Waals surface area (Å²) in [6.45, 7) is 6.29. The van der Waals surface area contributed by atoms with Crippen molar-refractivity contribution in [2.75, 3.05) is 0 Å². The van der Waals surface area contributed by atoms with E-state index in [1.54, 1.807) is 16.6 Å². The number of aromatic amines is 1. The summed E-state index contributed by atoms with van der Waals surface area (Å²) in [6, 6.07) is 6.83. The number of H-pyrrole nitrogens is 1. The maximum absolute atomic E-state index is 14.2. The molecule has 1 N–H and O–H groups in total. The fourth-order valence-electron chi connectivity index (χ4n) is 2.37. The van der Waals surface area contributed by atoms with Gasteiger partial charge in [-0.3, -0.25) is 5.10 Å². The monoisotopic (exact) mass is 420 g/mol. The molecule has 9 heteroatoms. The average molecular weight is 421 g/mol. The summed E-state index contributed by atoms with van der Waals surface area (Å²) in [6.07, 6.45) is 0. The lowest BCUT2D eigenvalue weighted by Crippen LogP contribution is -2.11. The van der Waals surface area contributed by atoms with Crippen molar-refractivity contribution in [3.63, 3.8) is 0 Å². The third-order valence-corrected chi connectivity index (χ3v) is 5.19. The number of nitrogens with zero attached hydrogens (tertiary/aromatic N) is 5. The van der Waals surface area contributed by atoms with E-state index >= 15 is 0 Å². The zero-order valence-corrected chi connectivity index (χ0v) is 16.1. The molecule has 0 aliphatic carbocycles. The van der Waals surface area contributed by atoms with Gasteiger partial charge in [0.05, 0.1) is 0 Å². The normalized spacial score (nSPS) is 12.2. The van der Waals surface area contributed by atoms with E-state index < -0.39 is 0 Å². The van der Waals surface area contributed by atoms with E-state index in [0.717, 1.165) is 5.69 Å². The zero-order chi connectivity index (χ0) is 17.8. The van der Waals surface area contributed by atoms with E-state index in [4.69, 9.17) is 0 Å². The second kappa shape index (κ2) is 5.70. The van der Waals surface area contributed by atoms with Crippen LogP contribution in [0.3, 0.4) is 0 Å². The second-order valence-electron chi connectivity index (χ2n) is 6.67. The average Bonchev–Trinajstić information content (AvgIpc) is 3.20. The fraction of sp³-hybridized carbons (Fsp3) is 0.250. The standard InChI is InChI=1S/C16H14BrFN6S/c1-16(2,3)12-7-11(19-20-12)13-21-22-15-24(13)23-14(25-15)9-5-4-8(17)6-10(9)18/h4-7H,1-3H3,(H,19,20). The van der Waals surface area contributed by atoms with Crippen LogP contribution < -0.4 is 0 Å². The van der Waals surface area contributed by atoms with Gasteiger partial charge in [-0.25, -0.2) is 4.39 Å². The molecule has 0 aliphatic rings. The molecule has 0 fully saturated rings. The summed E-state index contributed by atoms with van der Waals surface area (Å²) in [7, 11) is 0. The molecule has 0 unspecified atom stereocenters. The highest BCUT2D eigenvalue weighted by Crippen LogP contribution is 2.31. The molecule has 0 spiro atoms. The van der Waals surface area contributed by atoms with Gasteiger partial charge in [0.25, 0.3) is 0 Å². The minimum Gasteiger partial charge on any atom is -0.281 e. The first-order chi connectivity index (χ1) is 11.8. The number of fused-ring (bicyclic) bond motifs is 1. The Morgan fingerprint density at radius 2 is 2.00 bits per heavy atom. The Labute approximate surface area is 155 Å². The van der Waals surface area contributed by atoms with E-state index in [2.05, 4.69) is 62.2 Å². The van der Waals surface area contributed by atoms with Crippen LogP contribution in [-0.4, -0.2) is 30.0 Å². The third-order valence-electron chi connectivity index (χ3n) is 3.77. The molecule has 3 heterocycles. The molecule has 25 heavy (non-hydrogen) atoms. The molecule has 3 aromatic heterocycles. The Morgan fingerprint density at radius 3 is 2.68 bits per heavy atom. The molecule has 0 atom stereocenters. The Bertz CT molecular complexity index is 1070. The Morgan fingerprint density at radius 1 is 1.20 bits per heavy atom. The Balaban J connectivity index is 1.80. The Kier molecular flexibility index (Phi) is 3.73. The number of aromatic nitrogens is 6. The lowest BCUT2D eigenvalue weighted by Gasteiger charge is -2.14. The number of halogens is 2. The predicted molar refractivity (Wildman–Crippen MR) is 98.0 cm³/mol. The van der Waals surface area contributed by atoms with Gasteiger partial charge >= 0.3 is 0 Å². The van der Waals surface area contributed by atoms with Crippen LogP contribution in [0.1, 0.15) is 26.5 Å². The van der Waals surface area contributed by atoms with Gasteiger partial charge in [0.1, 0.15) is 11.5 Å². The molecule has 0 aliphatic heterocycles. The number of hydrogen-bond acceptors (Lipinski definition) is 5. The van der Waals surface area contributed by atoms with Crippen LogP contribution in [0.4, 0.5) is 4.39 Å². The molecule has 4 rings (SSSR count). The molecular formula is C16H14BrFN6S. The fourth-order valence-corrected chi connectivity index (χ4v) is 3.57. The highest BCUT2D eigenvalue weighted by atomic mass is 79.9. The maximum Gasteiger partial charge on any atom is 0.235 e. The van der Waals surface area contributed by atoms with E-state index in [1.165, 1.54) is 17.4 Å². The van der Waals surface area contributed by atoms with Crippen LogP contribution in [-0.2, 0) is 5.41 Å². The number of benzene rings is 1. The number of hydrogen-bond donors (Lipinski definition) is 1. The van der Waals surface area contributed by atoms with E-state index in [1.807, 2.05) is 6.07 Å². The summed E-state index contributed by atoms with van der Waals surface area (Å²) in [5.74, 6) is 0.192. The maximum atomic E-state index is 14.2. The first kappa shape index (κ1) is 16.3. The van der Waals surface area contributed by atoms with Gasteiger partial charge in [-0.05, 0) is 24.3 Å². The molecule has 4 aromatic rings. The van der Waals surface area contributed by atoms with E-state index in [0.29, 0.717) is 31.5 Å². The second-order valence-corrected chi connectivity index (χ2v) is 8.54. The summed E-state index contributed by atoms with van der Waals surface area (Å²) in [5.41, 5.74) is 2.03. The van der Waals surface area contributed by atoms with Crippen molar-refractivity contribution < 1.29 is 4.39 Å². The molecule has 1 aromatic carbocycles.